The first-order valence-electron chi connectivity index (χ1n) is 10.2. The van der Waals surface area contributed by atoms with Gasteiger partial charge in [-0.2, -0.15) is 0 Å². The summed E-state index contributed by atoms with van der Waals surface area (Å²) in [6, 6.07) is 14.3. The number of aliphatic hydroxyl groups is 1. The lowest BCUT2D eigenvalue weighted by Crippen LogP contribution is -2.39. The molecule has 0 bridgehead atoms. The first kappa shape index (κ1) is 19.8. The van der Waals surface area contributed by atoms with Gasteiger partial charge in [0, 0.05) is 24.5 Å². The molecule has 1 aliphatic rings. The second-order valence-corrected chi connectivity index (χ2v) is 8.53. The summed E-state index contributed by atoms with van der Waals surface area (Å²) in [5, 5.41) is 20.7. The number of carbonyl (C=O) groups is 1. The van der Waals surface area contributed by atoms with Crippen molar-refractivity contribution in [2.45, 2.75) is 38.3 Å². The fraction of sp³-hybridized carbons (Fsp3) is 0.409. The number of hydrogen-bond donors (Lipinski definition) is 1. The Morgan fingerprint density at radius 1 is 1.17 bits per heavy atom. The number of rotatable bonds is 7. The number of likely N-dealkylation sites (tertiary alicyclic amines) is 1. The third-order valence-corrected chi connectivity index (χ3v) is 6.50. The highest BCUT2D eigenvalue weighted by molar-refractivity contribution is 7.10. The van der Waals surface area contributed by atoms with E-state index in [1.54, 1.807) is 22.2 Å². The summed E-state index contributed by atoms with van der Waals surface area (Å²) in [7, 11) is 0. The zero-order valence-electron chi connectivity index (χ0n) is 16.4. The Labute approximate surface area is 174 Å². The normalized spacial score (nSPS) is 16.1. The van der Waals surface area contributed by atoms with E-state index in [1.807, 2.05) is 40.6 Å². The molecule has 3 heterocycles. The van der Waals surface area contributed by atoms with Crippen LogP contribution in [0.15, 0.2) is 54.0 Å². The van der Waals surface area contributed by atoms with Crippen molar-refractivity contribution in [1.82, 2.24) is 19.9 Å². The average Bonchev–Trinajstić information content (AvgIpc) is 3.46. The lowest BCUT2D eigenvalue weighted by molar-refractivity contribution is 0.0470. The molecule has 6 nitrogen and oxygen atoms in total. The molecule has 1 aromatic carbocycles. The van der Waals surface area contributed by atoms with Gasteiger partial charge in [-0.25, -0.2) is 0 Å². The average molecular weight is 411 g/mol. The number of benzene rings is 1. The molecule has 0 saturated carbocycles. The number of aromatic nitrogens is 3. The number of carbonyl (C=O) groups excluding carboxylic acids is 1. The van der Waals surface area contributed by atoms with Crippen LogP contribution in [0, 0.1) is 5.92 Å². The molecule has 3 aromatic rings. The van der Waals surface area contributed by atoms with Gasteiger partial charge in [-0.15, -0.1) is 16.4 Å². The highest BCUT2D eigenvalue weighted by Crippen LogP contribution is 2.33. The molecule has 1 aliphatic heterocycles. The number of nitrogens with zero attached hydrogens (tertiary/aromatic N) is 4. The van der Waals surface area contributed by atoms with Crippen LogP contribution in [0.3, 0.4) is 0 Å². The van der Waals surface area contributed by atoms with E-state index in [0.717, 1.165) is 37.1 Å². The summed E-state index contributed by atoms with van der Waals surface area (Å²) in [5.74, 6) is 0.134. The summed E-state index contributed by atoms with van der Waals surface area (Å²) in [6.45, 7) is 2.03. The standard InChI is InChI=1S/C22H26N4O2S/c27-21(20-9-5-15-29-20)18-10-13-25(14-11-18)22(28)19-16-26(24-23-19)12-4-8-17-6-2-1-3-7-17/h1-3,5-7,9,15-16,18,21,27H,4,8,10-14H2/t21-/m1/s1. The fourth-order valence-electron chi connectivity index (χ4n) is 3.87. The zero-order valence-corrected chi connectivity index (χ0v) is 17.2. The highest BCUT2D eigenvalue weighted by atomic mass is 32.1. The van der Waals surface area contributed by atoms with Crippen LogP contribution in [0.25, 0.3) is 0 Å². The number of aryl methyl sites for hydroxylation is 2. The second kappa shape index (κ2) is 9.33. The molecule has 29 heavy (non-hydrogen) atoms. The van der Waals surface area contributed by atoms with E-state index in [9.17, 15) is 9.90 Å². The van der Waals surface area contributed by atoms with E-state index in [4.69, 9.17) is 0 Å². The van der Waals surface area contributed by atoms with Crippen molar-refractivity contribution < 1.29 is 9.90 Å². The van der Waals surface area contributed by atoms with Crippen molar-refractivity contribution in [1.29, 1.82) is 0 Å². The summed E-state index contributed by atoms with van der Waals surface area (Å²) in [6.07, 6.45) is 4.85. The Bertz CT molecular complexity index is 902. The predicted molar refractivity (Wildman–Crippen MR) is 113 cm³/mol. The van der Waals surface area contributed by atoms with Crippen LogP contribution in [-0.2, 0) is 13.0 Å². The van der Waals surface area contributed by atoms with Gasteiger partial charge in [-0.3, -0.25) is 9.48 Å². The molecule has 7 heteroatoms. The molecule has 0 radical (unpaired) electrons. The Kier molecular flexibility index (Phi) is 6.36. The molecule has 4 rings (SSSR count). The summed E-state index contributed by atoms with van der Waals surface area (Å²) >= 11 is 1.58. The molecule has 1 fully saturated rings. The quantitative estimate of drug-likeness (QED) is 0.647. The molecule has 1 atom stereocenters. The van der Waals surface area contributed by atoms with Gasteiger partial charge in [0.25, 0.3) is 5.91 Å². The van der Waals surface area contributed by atoms with Crippen LogP contribution in [0.4, 0.5) is 0 Å². The van der Waals surface area contributed by atoms with Crippen molar-refractivity contribution in [3.05, 3.63) is 70.2 Å². The van der Waals surface area contributed by atoms with Crippen LogP contribution >= 0.6 is 11.3 Å². The lowest BCUT2D eigenvalue weighted by Gasteiger charge is -2.33. The van der Waals surface area contributed by atoms with Crippen molar-refractivity contribution in [2.24, 2.45) is 5.92 Å². The van der Waals surface area contributed by atoms with E-state index in [0.29, 0.717) is 18.8 Å². The summed E-state index contributed by atoms with van der Waals surface area (Å²) < 4.78 is 1.75. The molecule has 152 valence electrons. The van der Waals surface area contributed by atoms with E-state index in [-0.39, 0.29) is 11.8 Å². The molecule has 0 spiro atoms. The summed E-state index contributed by atoms with van der Waals surface area (Å²) in [5.41, 5.74) is 1.71. The van der Waals surface area contributed by atoms with Gasteiger partial charge in [0.15, 0.2) is 5.69 Å². The molecule has 1 N–H and O–H groups in total. The van der Waals surface area contributed by atoms with E-state index in [2.05, 4.69) is 22.4 Å². The second-order valence-electron chi connectivity index (χ2n) is 7.55. The first-order chi connectivity index (χ1) is 14.2. The smallest absolute Gasteiger partial charge is 0.276 e. The molecular formula is C22H26N4O2S. The molecule has 0 unspecified atom stereocenters. The number of piperidine rings is 1. The van der Waals surface area contributed by atoms with Crippen LogP contribution in [0.5, 0.6) is 0 Å². The third kappa shape index (κ3) is 4.92. The maximum absolute atomic E-state index is 12.8. The topological polar surface area (TPSA) is 71.2 Å². The molecule has 1 saturated heterocycles. The minimum Gasteiger partial charge on any atom is -0.387 e. The SMILES string of the molecule is O=C(c1cn(CCCc2ccccc2)nn1)N1CCC([C@@H](O)c2cccs2)CC1. The molecule has 0 aliphatic carbocycles. The monoisotopic (exact) mass is 410 g/mol. The Morgan fingerprint density at radius 3 is 2.69 bits per heavy atom. The molecule has 2 aromatic heterocycles. The van der Waals surface area contributed by atoms with Crippen molar-refractivity contribution in [3.63, 3.8) is 0 Å². The van der Waals surface area contributed by atoms with Crippen molar-refractivity contribution in [2.75, 3.05) is 13.1 Å². The van der Waals surface area contributed by atoms with Gasteiger partial charge in [0.2, 0.25) is 0 Å². The number of aliphatic hydroxyl groups excluding tert-OH is 1. The van der Waals surface area contributed by atoms with Crippen LogP contribution < -0.4 is 0 Å². The lowest BCUT2D eigenvalue weighted by atomic mass is 9.90. The van der Waals surface area contributed by atoms with E-state index < -0.39 is 6.10 Å². The fourth-order valence-corrected chi connectivity index (χ4v) is 4.67. The van der Waals surface area contributed by atoms with Crippen LogP contribution in [-0.4, -0.2) is 44.0 Å². The largest absolute Gasteiger partial charge is 0.387 e. The highest BCUT2D eigenvalue weighted by Gasteiger charge is 2.30. The zero-order chi connectivity index (χ0) is 20.1. The van der Waals surface area contributed by atoms with Crippen molar-refractivity contribution in [3.8, 4) is 0 Å². The maximum atomic E-state index is 12.8. The van der Waals surface area contributed by atoms with Gasteiger partial charge in [-0.05, 0) is 48.6 Å². The van der Waals surface area contributed by atoms with E-state index >= 15 is 0 Å². The Balaban J connectivity index is 1.26. The minimum atomic E-state index is -0.433. The van der Waals surface area contributed by atoms with Gasteiger partial charge in [-0.1, -0.05) is 41.6 Å². The summed E-state index contributed by atoms with van der Waals surface area (Å²) in [4.78, 5) is 15.6. The number of hydrogen-bond acceptors (Lipinski definition) is 5. The van der Waals surface area contributed by atoms with Gasteiger partial charge >= 0.3 is 0 Å². The Hall–Kier alpha value is -2.51. The number of amides is 1. The Morgan fingerprint density at radius 2 is 1.97 bits per heavy atom. The van der Waals surface area contributed by atoms with Gasteiger partial charge in [0.05, 0.1) is 12.3 Å². The maximum Gasteiger partial charge on any atom is 0.276 e. The first-order valence-corrected chi connectivity index (χ1v) is 11.0. The predicted octanol–water partition coefficient (Wildman–Crippen LogP) is 3.56. The molecule has 1 amide bonds. The van der Waals surface area contributed by atoms with Crippen molar-refractivity contribution >= 4 is 17.2 Å². The molecular weight excluding hydrogens is 384 g/mol. The van der Waals surface area contributed by atoms with E-state index in [1.165, 1.54) is 5.56 Å². The van der Waals surface area contributed by atoms with Crippen LogP contribution in [0.1, 0.15) is 46.3 Å². The number of thiophene rings is 1. The van der Waals surface area contributed by atoms with Gasteiger partial charge in [0.1, 0.15) is 0 Å². The third-order valence-electron chi connectivity index (χ3n) is 5.56. The van der Waals surface area contributed by atoms with Gasteiger partial charge < -0.3 is 10.0 Å². The minimum absolute atomic E-state index is 0.0663. The van der Waals surface area contributed by atoms with Crippen LogP contribution in [0.2, 0.25) is 0 Å².